The molecule has 0 spiro atoms. The van der Waals surface area contributed by atoms with Crippen molar-refractivity contribution in [3.63, 3.8) is 0 Å². The van der Waals surface area contributed by atoms with Crippen LogP contribution in [0.1, 0.15) is 36.6 Å². The van der Waals surface area contributed by atoms with E-state index in [9.17, 15) is 9.59 Å². The first-order valence-corrected chi connectivity index (χ1v) is 14.3. The molecule has 5 rings (SSSR count). The van der Waals surface area contributed by atoms with Gasteiger partial charge in [-0.3, -0.25) is 9.36 Å². The molecule has 0 aliphatic carbocycles. The molecule has 7 nitrogen and oxygen atoms in total. The Bertz CT molecular complexity index is 1760. The van der Waals surface area contributed by atoms with Gasteiger partial charge in [-0.15, -0.1) is 0 Å². The Hall–Kier alpha value is -3.95. The third-order valence-electron chi connectivity index (χ3n) is 6.45. The number of ether oxygens (including phenoxy) is 3. The molecule has 3 aromatic carbocycles. The van der Waals surface area contributed by atoms with Crippen molar-refractivity contribution in [2.24, 2.45) is 4.99 Å². The van der Waals surface area contributed by atoms with Crippen LogP contribution in [-0.4, -0.2) is 24.3 Å². The van der Waals surface area contributed by atoms with Gasteiger partial charge in [0.05, 0.1) is 23.8 Å². The number of esters is 1. The van der Waals surface area contributed by atoms with Crippen LogP contribution >= 0.6 is 27.3 Å². The van der Waals surface area contributed by atoms with Gasteiger partial charge in [-0.1, -0.05) is 75.8 Å². The number of hydrogen-bond donors (Lipinski definition) is 0. The van der Waals surface area contributed by atoms with E-state index in [1.807, 2.05) is 72.8 Å². The zero-order valence-electron chi connectivity index (χ0n) is 22.2. The van der Waals surface area contributed by atoms with Crippen molar-refractivity contribution in [3.05, 3.63) is 119 Å². The van der Waals surface area contributed by atoms with Crippen LogP contribution in [0.2, 0.25) is 0 Å². The number of rotatable bonds is 8. The summed E-state index contributed by atoms with van der Waals surface area (Å²) in [7, 11) is 1.58. The van der Waals surface area contributed by atoms with E-state index in [-0.39, 0.29) is 12.2 Å². The van der Waals surface area contributed by atoms with Crippen LogP contribution in [0.15, 0.2) is 92.6 Å². The number of aromatic nitrogens is 1. The van der Waals surface area contributed by atoms with Crippen LogP contribution in [0.25, 0.3) is 11.8 Å². The SMILES string of the molecule is CCOC(=O)C1=C(C)n2c(s/c(=C\c3ccc(OCc4ccccc4)c(OC)c3)c2=O)=N[C@@H]1c1ccc(Br)cc1. The Kier molecular flexibility index (Phi) is 8.32. The zero-order chi connectivity index (χ0) is 28.2. The van der Waals surface area contributed by atoms with Crippen molar-refractivity contribution >= 4 is 45.0 Å². The van der Waals surface area contributed by atoms with Gasteiger partial charge in [0.25, 0.3) is 5.56 Å². The number of fused-ring (bicyclic) bond motifs is 1. The average molecular weight is 620 g/mol. The van der Waals surface area contributed by atoms with Crippen LogP contribution in [0.5, 0.6) is 11.5 Å². The lowest BCUT2D eigenvalue weighted by Crippen LogP contribution is -2.35. The van der Waals surface area contributed by atoms with Gasteiger partial charge in [0.15, 0.2) is 16.3 Å². The standard InChI is InChI=1S/C31H27BrN2O5S/c1-4-38-30(36)27-19(2)34-29(35)26(40-31(34)33-28(27)22-11-13-23(32)14-12-22)17-21-10-15-24(25(16-21)37-3)39-18-20-8-6-5-7-9-20/h5-17,28H,4,18H2,1-3H3/b26-17-/t28-/m1/s1. The number of hydrogen-bond acceptors (Lipinski definition) is 7. The predicted molar refractivity (Wildman–Crippen MR) is 159 cm³/mol. The fraction of sp³-hybridized carbons (Fsp3) is 0.194. The van der Waals surface area contributed by atoms with Crippen molar-refractivity contribution in [2.75, 3.05) is 13.7 Å². The van der Waals surface area contributed by atoms with E-state index in [0.717, 1.165) is 21.2 Å². The van der Waals surface area contributed by atoms with Gasteiger partial charge in [-0.05, 0) is 60.9 Å². The lowest BCUT2D eigenvalue weighted by molar-refractivity contribution is -0.138. The highest BCUT2D eigenvalue weighted by molar-refractivity contribution is 9.10. The Morgan fingerprint density at radius 2 is 1.82 bits per heavy atom. The second-order valence-corrected chi connectivity index (χ2v) is 10.9. The number of allylic oxidation sites excluding steroid dienone is 1. The van der Waals surface area contributed by atoms with Crippen molar-refractivity contribution in [1.82, 2.24) is 4.57 Å². The lowest BCUT2D eigenvalue weighted by atomic mass is 9.97. The Morgan fingerprint density at radius 1 is 1.07 bits per heavy atom. The summed E-state index contributed by atoms with van der Waals surface area (Å²) in [5, 5.41) is 0. The molecule has 1 aliphatic rings. The molecule has 1 aliphatic heterocycles. The van der Waals surface area contributed by atoms with Gasteiger partial charge in [0.1, 0.15) is 12.6 Å². The Labute approximate surface area is 243 Å². The molecule has 0 saturated heterocycles. The van der Waals surface area contributed by atoms with Crippen LogP contribution in [0.3, 0.4) is 0 Å². The number of carbonyl (C=O) groups is 1. The van der Waals surface area contributed by atoms with Crippen LogP contribution in [0.4, 0.5) is 0 Å². The van der Waals surface area contributed by atoms with Gasteiger partial charge in [0.2, 0.25) is 0 Å². The van der Waals surface area contributed by atoms with Crippen molar-refractivity contribution in [1.29, 1.82) is 0 Å². The van der Waals surface area contributed by atoms with E-state index in [1.165, 1.54) is 15.9 Å². The van der Waals surface area contributed by atoms with E-state index in [2.05, 4.69) is 15.9 Å². The molecular formula is C31H27BrN2O5S. The van der Waals surface area contributed by atoms with Crippen LogP contribution in [-0.2, 0) is 16.1 Å². The lowest BCUT2D eigenvalue weighted by Gasteiger charge is -2.22. The molecule has 2 heterocycles. The van der Waals surface area contributed by atoms with Gasteiger partial charge in [-0.25, -0.2) is 9.79 Å². The highest BCUT2D eigenvalue weighted by atomic mass is 79.9. The fourth-order valence-electron chi connectivity index (χ4n) is 4.48. The minimum atomic E-state index is -0.584. The fourth-order valence-corrected chi connectivity index (χ4v) is 5.79. The molecule has 204 valence electrons. The Morgan fingerprint density at radius 3 is 2.52 bits per heavy atom. The summed E-state index contributed by atoms with van der Waals surface area (Å²) in [4.78, 5) is 32.0. The minimum absolute atomic E-state index is 0.222. The average Bonchev–Trinajstić information content (AvgIpc) is 3.27. The summed E-state index contributed by atoms with van der Waals surface area (Å²) in [6.45, 7) is 4.15. The van der Waals surface area contributed by atoms with E-state index in [4.69, 9.17) is 19.2 Å². The first-order chi connectivity index (χ1) is 19.4. The maximum atomic E-state index is 13.6. The molecule has 4 aromatic rings. The Balaban J connectivity index is 1.55. The summed E-state index contributed by atoms with van der Waals surface area (Å²) in [5.74, 6) is 0.685. The summed E-state index contributed by atoms with van der Waals surface area (Å²) in [6.07, 6.45) is 1.79. The molecule has 40 heavy (non-hydrogen) atoms. The van der Waals surface area contributed by atoms with E-state index < -0.39 is 12.0 Å². The second-order valence-electron chi connectivity index (χ2n) is 9.02. The number of benzene rings is 3. The summed E-state index contributed by atoms with van der Waals surface area (Å²) in [6, 6.07) is 22.5. The van der Waals surface area contributed by atoms with Gasteiger partial charge in [0, 0.05) is 10.2 Å². The first-order valence-electron chi connectivity index (χ1n) is 12.7. The molecule has 1 atom stereocenters. The van der Waals surface area contributed by atoms with Crippen molar-refractivity contribution in [3.8, 4) is 11.5 Å². The van der Waals surface area contributed by atoms with E-state index in [0.29, 0.717) is 38.7 Å². The molecule has 0 bridgehead atoms. The number of nitrogens with zero attached hydrogens (tertiary/aromatic N) is 2. The van der Waals surface area contributed by atoms with E-state index >= 15 is 0 Å². The molecule has 0 unspecified atom stereocenters. The van der Waals surface area contributed by atoms with Crippen molar-refractivity contribution < 1.29 is 19.0 Å². The smallest absolute Gasteiger partial charge is 0.338 e. The molecule has 1 aromatic heterocycles. The molecular weight excluding hydrogens is 592 g/mol. The highest BCUT2D eigenvalue weighted by Gasteiger charge is 2.31. The molecule has 0 fully saturated rings. The number of thiazole rings is 1. The molecule has 0 saturated carbocycles. The number of carbonyl (C=O) groups excluding carboxylic acids is 1. The van der Waals surface area contributed by atoms with E-state index in [1.54, 1.807) is 27.0 Å². The van der Waals surface area contributed by atoms with Gasteiger partial charge >= 0.3 is 5.97 Å². The zero-order valence-corrected chi connectivity index (χ0v) is 24.6. The summed E-state index contributed by atoms with van der Waals surface area (Å²) in [5.41, 5.74) is 3.27. The molecule has 9 heteroatoms. The third kappa shape index (κ3) is 5.66. The molecule has 0 N–H and O–H groups in total. The van der Waals surface area contributed by atoms with Crippen LogP contribution in [0, 0.1) is 0 Å². The third-order valence-corrected chi connectivity index (χ3v) is 7.96. The number of methoxy groups -OCH3 is 1. The largest absolute Gasteiger partial charge is 0.493 e. The predicted octanol–water partition coefficient (Wildman–Crippen LogP) is 5.26. The normalized spacial score (nSPS) is 14.9. The monoisotopic (exact) mass is 618 g/mol. The van der Waals surface area contributed by atoms with Gasteiger partial charge in [-0.2, -0.15) is 0 Å². The minimum Gasteiger partial charge on any atom is -0.493 e. The molecule has 0 amide bonds. The highest BCUT2D eigenvalue weighted by Crippen LogP contribution is 2.33. The maximum absolute atomic E-state index is 13.6. The molecule has 0 radical (unpaired) electrons. The topological polar surface area (TPSA) is 79.1 Å². The second kappa shape index (κ2) is 12.1. The summed E-state index contributed by atoms with van der Waals surface area (Å²) >= 11 is 4.73. The number of halogens is 1. The first kappa shape index (κ1) is 27.6. The van der Waals surface area contributed by atoms with Gasteiger partial charge < -0.3 is 14.2 Å². The van der Waals surface area contributed by atoms with Crippen molar-refractivity contribution in [2.45, 2.75) is 26.5 Å². The van der Waals surface area contributed by atoms with Crippen LogP contribution < -0.4 is 24.4 Å². The summed E-state index contributed by atoms with van der Waals surface area (Å²) < 4.78 is 19.8. The maximum Gasteiger partial charge on any atom is 0.338 e. The quantitative estimate of drug-likeness (QED) is 0.252.